The second-order valence-electron chi connectivity index (χ2n) is 18.0. The molecule has 2 aromatic heterocycles. The topological polar surface area (TPSA) is 59.2 Å². The van der Waals surface area contributed by atoms with Crippen molar-refractivity contribution >= 4 is 22.0 Å². The molecule has 0 aliphatic heterocycles. The maximum absolute atomic E-state index is 11.1. The van der Waals surface area contributed by atoms with Crippen molar-refractivity contribution in [3.8, 4) is 50.6 Å². The molecule has 0 atom stereocenters. The summed E-state index contributed by atoms with van der Waals surface area (Å²) in [5.41, 5.74) is 16.5. The Morgan fingerprint density at radius 1 is 0.566 bits per heavy atom. The standard InChI is InChI=1S/C49H52N2O2/c1-28-20-29(2)43(30(3)21-28)33-25-38(45-42(26-33)53-46(51-45)39-27-34(47(4,5)6)16-17-41(39)52)32-22-31(23-35(24-32)48(7,8)9)36-14-13-15-37-40(49(10,11)12)18-19-50-44(36)37/h13-27,52H,1-12H3. The zero-order valence-electron chi connectivity index (χ0n) is 33.4. The zero-order valence-corrected chi connectivity index (χ0v) is 33.4. The first kappa shape index (κ1) is 36.2. The van der Waals surface area contributed by atoms with Crippen molar-refractivity contribution in [1.29, 1.82) is 0 Å². The SMILES string of the molecule is Cc1cc(C)c(-c2cc(-c3cc(-c4cccc5c(C(C)(C)C)ccnc45)cc(C(C)(C)C)c3)c3nc(-c4cc(C(C)(C)C)ccc4O)oc3c2)c(C)c1. The normalized spacial score (nSPS) is 12.6. The average Bonchev–Trinajstić information content (AvgIpc) is 3.49. The van der Waals surface area contributed by atoms with Gasteiger partial charge >= 0.3 is 0 Å². The maximum atomic E-state index is 11.1. The number of para-hydroxylation sites is 1. The number of aromatic hydroxyl groups is 1. The Balaban J connectivity index is 1.54. The van der Waals surface area contributed by atoms with Crippen LogP contribution >= 0.6 is 0 Å². The molecule has 0 aliphatic carbocycles. The van der Waals surface area contributed by atoms with E-state index >= 15 is 0 Å². The van der Waals surface area contributed by atoms with Crippen molar-refractivity contribution in [1.82, 2.24) is 9.97 Å². The Morgan fingerprint density at radius 2 is 1.23 bits per heavy atom. The van der Waals surface area contributed by atoms with Crippen molar-refractivity contribution in [2.45, 2.75) is 99.3 Å². The van der Waals surface area contributed by atoms with Crippen LogP contribution in [0.3, 0.4) is 0 Å². The lowest BCUT2D eigenvalue weighted by Crippen LogP contribution is -2.12. The molecule has 4 nitrogen and oxygen atoms in total. The van der Waals surface area contributed by atoms with E-state index < -0.39 is 0 Å². The minimum absolute atomic E-state index is 0.0258. The minimum atomic E-state index is -0.131. The molecule has 1 N–H and O–H groups in total. The monoisotopic (exact) mass is 700 g/mol. The molecule has 2 heterocycles. The van der Waals surface area contributed by atoms with Crippen LogP contribution in [0.25, 0.3) is 66.8 Å². The molecule has 4 heteroatoms. The van der Waals surface area contributed by atoms with Gasteiger partial charge in [0, 0.05) is 22.7 Å². The molecule has 0 aliphatic rings. The third kappa shape index (κ3) is 6.76. The van der Waals surface area contributed by atoms with Crippen LogP contribution in [0.1, 0.15) is 95.7 Å². The lowest BCUT2D eigenvalue weighted by molar-refractivity contribution is 0.473. The van der Waals surface area contributed by atoms with E-state index in [-0.39, 0.29) is 22.0 Å². The Hall–Kier alpha value is -5.22. The highest BCUT2D eigenvalue weighted by Crippen LogP contribution is 2.43. The van der Waals surface area contributed by atoms with Crippen molar-refractivity contribution in [2.24, 2.45) is 0 Å². The van der Waals surface area contributed by atoms with Crippen LogP contribution in [0.2, 0.25) is 0 Å². The van der Waals surface area contributed by atoms with Gasteiger partial charge in [0.25, 0.3) is 0 Å². The lowest BCUT2D eigenvalue weighted by Gasteiger charge is -2.23. The van der Waals surface area contributed by atoms with Crippen LogP contribution in [-0.2, 0) is 16.2 Å². The number of pyridine rings is 1. The first-order chi connectivity index (χ1) is 24.8. The van der Waals surface area contributed by atoms with E-state index in [0.717, 1.165) is 44.4 Å². The molecule has 7 aromatic rings. The molecule has 0 bridgehead atoms. The molecule has 5 aromatic carbocycles. The van der Waals surface area contributed by atoms with Gasteiger partial charge in [0.1, 0.15) is 11.3 Å². The molecule has 0 saturated heterocycles. The number of phenolic OH excluding ortho intramolecular Hbond substituents is 1. The van der Waals surface area contributed by atoms with Crippen LogP contribution in [-0.4, -0.2) is 15.1 Å². The summed E-state index contributed by atoms with van der Waals surface area (Å²) in [6.45, 7) is 26.6. The third-order valence-electron chi connectivity index (χ3n) is 10.6. The number of phenols is 1. The first-order valence-corrected chi connectivity index (χ1v) is 18.7. The summed E-state index contributed by atoms with van der Waals surface area (Å²) < 4.78 is 6.66. The highest BCUT2D eigenvalue weighted by molar-refractivity contribution is 6.00. The summed E-state index contributed by atoms with van der Waals surface area (Å²) in [5, 5.41) is 12.3. The van der Waals surface area contributed by atoms with Crippen molar-refractivity contribution in [3.05, 3.63) is 125 Å². The van der Waals surface area contributed by atoms with Crippen LogP contribution in [0.15, 0.2) is 95.5 Å². The molecule has 270 valence electrons. The largest absolute Gasteiger partial charge is 0.507 e. The van der Waals surface area contributed by atoms with Gasteiger partial charge in [-0.3, -0.25) is 4.98 Å². The molecule has 53 heavy (non-hydrogen) atoms. The van der Waals surface area contributed by atoms with Gasteiger partial charge in [-0.2, -0.15) is 0 Å². The number of hydrogen-bond acceptors (Lipinski definition) is 4. The number of fused-ring (bicyclic) bond motifs is 2. The fraction of sp³-hybridized carbons (Fsp3) is 0.306. The summed E-state index contributed by atoms with van der Waals surface area (Å²) in [6, 6.07) is 30.2. The Kier molecular flexibility index (Phi) is 8.68. The van der Waals surface area contributed by atoms with Crippen molar-refractivity contribution < 1.29 is 9.52 Å². The van der Waals surface area contributed by atoms with Gasteiger partial charge in [-0.25, -0.2) is 4.98 Å². The second kappa shape index (κ2) is 12.7. The molecular weight excluding hydrogens is 649 g/mol. The molecule has 0 amide bonds. The smallest absolute Gasteiger partial charge is 0.231 e. The number of oxazole rings is 1. The van der Waals surface area contributed by atoms with Gasteiger partial charge in [0.2, 0.25) is 5.89 Å². The lowest BCUT2D eigenvalue weighted by atomic mass is 9.81. The predicted molar refractivity (Wildman–Crippen MR) is 223 cm³/mol. The number of aromatic nitrogens is 2. The molecular formula is C49H52N2O2. The second-order valence-corrected chi connectivity index (χ2v) is 18.0. The van der Waals surface area contributed by atoms with Gasteiger partial charge in [-0.15, -0.1) is 0 Å². The van der Waals surface area contributed by atoms with E-state index in [9.17, 15) is 5.11 Å². The quantitative estimate of drug-likeness (QED) is 0.199. The van der Waals surface area contributed by atoms with Gasteiger partial charge in [0.05, 0.1) is 11.1 Å². The molecule has 0 unspecified atom stereocenters. The summed E-state index contributed by atoms with van der Waals surface area (Å²) >= 11 is 0. The summed E-state index contributed by atoms with van der Waals surface area (Å²) in [7, 11) is 0. The van der Waals surface area contributed by atoms with E-state index in [2.05, 4.69) is 150 Å². The summed E-state index contributed by atoms with van der Waals surface area (Å²) in [6.07, 6.45) is 1.95. The average molecular weight is 701 g/mol. The molecule has 0 spiro atoms. The fourth-order valence-corrected chi connectivity index (χ4v) is 7.75. The number of aryl methyl sites for hydroxylation is 3. The number of nitrogens with zero attached hydrogens (tertiary/aromatic N) is 2. The van der Waals surface area contributed by atoms with Crippen LogP contribution < -0.4 is 0 Å². The van der Waals surface area contributed by atoms with Crippen LogP contribution in [0.4, 0.5) is 0 Å². The Morgan fingerprint density at radius 3 is 1.87 bits per heavy atom. The summed E-state index contributed by atoms with van der Waals surface area (Å²) in [4.78, 5) is 10.2. The minimum Gasteiger partial charge on any atom is -0.507 e. The van der Waals surface area contributed by atoms with Crippen LogP contribution in [0, 0.1) is 20.8 Å². The van der Waals surface area contributed by atoms with E-state index in [1.54, 1.807) is 6.07 Å². The summed E-state index contributed by atoms with van der Waals surface area (Å²) in [5.74, 6) is 0.547. The number of hydrogen-bond donors (Lipinski definition) is 1. The first-order valence-electron chi connectivity index (χ1n) is 18.7. The highest BCUT2D eigenvalue weighted by atomic mass is 16.3. The predicted octanol–water partition coefficient (Wildman–Crippen LogP) is 13.6. The zero-order chi connectivity index (χ0) is 38.2. The van der Waals surface area contributed by atoms with Crippen molar-refractivity contribution in [3.63, 3.8) is 0 Å². The fourth-order valence-electron chi connectivity index (χ4n) is 7.75. The van der Waals surface area contributed by atoms with Crippen LogP contribution in [0.5, 0.6) is 5.75 Å². The van der Waals surface area contributed by atoms with E-state index in [0.29, 0.717) is 17.0 Å². The Bertz CT molecular complexity index is 2530. The van der Waals surface area contributed by atoms with Gasteiger partial charge < -0.3 is 9.52 Å². The van der Waals surface area contributed by atoms with Gasteiger partial charge in [-0.05, 0) is 123 Å². The van der Waals surface area contributed by atoms with Gasteiger partial charge in [0.15, 0.2) is 5.58 Å². The molecule has 7 rings (SSSR count). The molecule has 0 fully saturated rings. The highest BCUT2D eigenvalue weighted by Gasteiger charge is 2.25. The Labute approximate surface area is 315 Å². The van der Waals surface area contributed by atoms with E-state index in [4.69, 9.17) is 14.4 Å². The molecule has 0 saturated carbocycles. The third-order valence-corrected chi connectivity index (χ3v) is 10.6. The van der Waals surface area contributed by atoms with Crippen molar-refractivity contribution in [2.75, 3.05) is 0 Å². The number of benzene rings is 5. The number of rotatable bonds is 4. The van der Waals surface area contributed by atoms with Gasteiger partial charge in [-0.1, -0.05) is 116 Å². The maximum Gasteiger partial charge on any atom is 0.231 e. The molecule has 0 radical (unpaired) electrons. The van der Waals surface area contributed by atoms with E-state index in [1.807, 2.05) is 18.3 Å². The van der Waals surface area contributed by atoms with E-state index in [1.165, 1.54) is 38.8 Å².